The predicted octanol–water partition coefficient (Wildman–Crippen LogP) is 3.80. The third-order valence-corrected chi connectivity index (χ3v) is 5.70. The summed E-state index contributed by atoms with van der Waals surface area (Å²) in [7, 11) is 0. The Balaban J connectivity index is 1.71. The second-order valence-electron chi connectivity index (χ2n) is 6.93. The van der Waals surface area contributed by atoms with Crippen molar-refractivity contribution < 1.29 is 9.53 Å². The lowest BCUT2D eigenvalue weighted by molar-refractivity contribution is 0.0568. The van der Waals surface area contributed by atoms with Gasteiger partial charge >= 0.3 is 0 Å². The molecule has 0 bridgehead atoms. The van der Waals surface area contributed by atoms with E-state index in [1.54, 1.807) is 0 Å². The fraction of sp³-hybridized carbons (Fsp3) is 0.500. The van der Waals surface area contributed by atoms with Gasteiger partial charge in [-0.05, 0) is 49.4 Å². The van der Waals surface area contributed by atoms with Crippen LogP contribution in [0.25, 0.3) is 10.6 Å². The summed E-state index contributed by atoms with van der Waals surface area (Å²) in [6, 6.07) is 7.99. The van der Waals surface area contributed by atoms with Crippen LogP contribution in [0, 0.1) is 5.92 Å². The molecule has 2 heterocycles. The number of benzene rings is 1. The normalized spacial score (nSPS) is 20.2. The Morgan fingerprint density at radius 1 is 1.38 bits per heavy atom. The highest BCUT2D eigenvalue weighted by Gasteiger charge is 2.30. The highest BCUT2D eigenvalue weighted by Crippen LogP contribution is 2.28. The van der Waals surface area contributed by atoms with Crippen LogP contribution in [-0.4, -0.2) is 41.5 Å². The highest BCUT2D eigenvalue weighted by molar-refractivity contribution is 7.13. The van der Waals surface area contributed by atoms with E-state index >= 15 is 0 Å². The fourth-order valence-electron chi connectivity index (χ4n) is 3.31. The zero-order chi connectivity index (χ0) is 18.5. The van der Waals surface area contributed by atoms with Crippen molar-refractivity contribution in [3.05, 3.63) is 35.3 Å². The number of likely N-dealkylation sites (tertiary alicyclic amines) is 1. The van der Waals surface area contributed by atoms with Crippen LogP contribution >= 0.6 is 11.3 Å². The molecule has 1 aromatic carbocycles. The second-order valence-corrected chi connectivity index (χ2v) is 7.79. The number of carbonyl (C=O) groups excluding carboxylic acids is 1. The fourth-order valence-corrected chi connectivity index (χ4v) is 4.11. The molecule has 1 aliphatic rings. The van der Waals surface area contributed by atoms with E-state index in [1.807, 2.05) is 34.5 Å². The Labute approximate surface area is 159 Å². The molecule has 2 N–H and O–H groups in total. The number of rotatable bonds is 6. The number of nitrogens with two attached hydrogens (primary N) is 1. The van der Waals surface area contributed by atoms with E-state index in [-0.39, 0.29) is 11.9 Å². The number of thiazole rings is 1. The van der Waals surface area contributed by atoms with Crippen molar-refractivity contribution in [1.29, 1.82) is 0 Å². The minimum Gasteiger partial charge on any atom is -0.494 e. The predicted molar refractivity (Wildman–Crippen MR) is 106 cm³/mol. The average molecular weight is 374 g/mol. The number of hydrogen-bond donors (Lipinski definition) is 1. The first-order valence-electron chi connectivity index (χ1n) is 9.32. The monoisotopic (exact) mass is 373 g/mol. The molecule has 6 heteroatoms. The van der Waals surface area contributed by atoms with Crippen LogP contribution in [0.1, 0.15) is 43.6 Å². The smallest absolute Gasteiger partial charge is 0.273 e. The van der Waals surface area contributed by atoms with Gasteiger partial charge in [0.25, 0.3) is 5.91 Å². The van der Waals surface area contributed by atoms with Crippen LogP contribution in [0.15, 0.2) is 29.6 Å². The van der Waals surface area contributed by atoms with E-state index < -0.39 is 0 Å². The Morgan fingerprint density at radius 2 is 2.15 bits per heavy atom. The van der Waals surface area contributed by atoms with Gasteiger partial charge in [-0.1, -0.05) is 13.8 Å². The van der Waals surface area contributed by atoms with Gasteiger partial charge in [-0.3, -0.25) is 4.79 Å². The summed E-state index contributed by atoms with van der Waals surface area (Å²) < 4.78 is 5.61. The molecule has 1 fully saturated rings. The van der Waals surface area contributed by atoms with Crippen LogP contribution in [0.2, 0.25) is 0 Å². The molecule has 26 heavy (non-hydrogen) atoms. The maximum atomic E-state index is 12.9. The number of nitrogens with zero attached hydrogens (tertiary/aromatic N) is 2. The SMILES string of the molecule is CCCOc1ccc(-c2nc(C(=O)N3CCC(C)CC3CN)cs2)cc1. The Bertz CT molecular complexity index is 729. The Morgan fingerprint density at radius 3 is 2.85 bits per heavy atom. The lowest BCUT2D eigenvalue weighted by Gasteiger charge is -2.37. The molecule has 2 aromatic rings. The first-order chi connectivity index (χ1) is 12.6. The number of aromatic nitrogens is 1. The van der Waals surface area contributed by atoms with Crippen molar-refractivity contribution in [2.45, 2.75) is 39.2 Å². The summed E-state index contributed by atoms with van der Waals surface area (Å²) >= 11 is 1.50. The number of carbonyl (C=O) groups is 1. The number of amides is 1. The molecule has 0 aliphatic carbocycles. The van der Waals surface area contributed by atoms with E-state index in [2.05, 4.69) is 18.8 Å². The molecule has 1 aliphatic heterocycles. The molecule has 0 saturated carbocycles. The van der Waals surface area contributed by atoms with E-state index in [0.717, 1.165) is 42.1 Å². The Kier molecular flexibility index (Phi) is 6.27. The minimum absolute atomic E-state index is 0.00208. The van der Waals surface area contributed by atoms with Crippen molar-refractivity contribution in [3.63, 3.8) is 0 Å². The standard InChI is InChI=1S/C20H27N3O2S/c1-3-10-25-17-6-4-15(5-7-17)19-22-18(13-26-19)20(24)23-9-8-14(2)11-16(23)12-21/h4-7,13-14,16H,3,8-12,21H2,1-2H3. The maximum absolute atomic E-state index is 12.9. The van der Waals surface area contributed by atoms with Gasteiger partial charge in [-0.2, -0.15) is 0 Å². The molecule has 2 atom stereocenters. The average Bonchev–Trinajstić information content (AvgIpc) is 3.16. The summed E-state index contributed by atoms with van der Waals surface area (Å²) in [4.78, 5) is 19.4. The molecule has 2 unspecified atom stereocenters. The molecular formula is C20H27N3O2S. The van der Waals surface area contributed by atoms with Crippen LogP contribution in [0.5, 0.6) is 5.75 Å². The van der Waals surface area contributed by atoms with Gasteiger partial charge in [0.15, 0.2) is 0 Å². The van der Waals surface area contributed by atoms with Crippen LogP contribution < -0.4 is 10.5 Å². The van der Waals surface area contributed by atoms with Gasteiger partial charge in [0.05, 0.1) is 6.61 Å². The molecule has 140 valence electrons. The van der Waals surface area contributed by atoms with Gasteiger partial charge in [0.1, 0.15) is 16.5 Å². The molecule has 0 radical (unpaired) electrons. The van der Waals surface area contributed by atoms with Crippen molar-refractivity contribution >= 4 is 17.2 Å². The molecule has 1 aromatic heterocycles. The lowest BCUT2D eigenvalue weighted by Crippen LogP contribution is -2.49. The van der Waals surface area contributed by atoms with E-state index in [9.17, 15) is 4.79 Å². The zero-order valence-corrected chi connectivity index (χ0v) is 16.3. The summed E-state index contributed by atoms with van der Waals surface area (Å²) in [5, 5.41) is 2.70. The summed E-state index contributed by atoms with van der Waals surface area (Å²) in [5.41, 5.74) is 7.41. The van der Waals surface area contributed by atoms with Gasteiger partial charge in [0, 0.05) is 30.1 Å². The number of hydrogen-bond acceptors (Lipinski definition) is 5. The molecule has 3 rings (SSSR count). The summed E-state index contributed by atoms with van der Waals surface area (Å²) in [6.45, 7) is 6.29. The van der Waals surface area contributed by atoms with Gasteiger partial charge in [0.2, 0.25) is 0 Å². The van der Waals surface area contributed by atoms with Gasteiger partial charge in [-0.25, -0.2) is 4.98 Å². The molecule has 1 saturated heterocycles. The summed E-state index contributed by atoms with van der Waals surface area (Å²) in [6.07, 6.45) is 2.98. The highest BCUT2D eigenvalue weighted by atomic mass is 32.1. The van der Waals surface area contributed by atoms with E-state index in [0.29, 0.717) is 24.8 Å². The van der Waals surface area contributed by atoms with Gasteiger partial charge in [-0.15, -0.1) is 11.3 Å². The van der Waals surface area contributed by atoms with Crippen molar-refractivity contribution in [1.82, 2.24) is 9.88 Å². The largest absolute Gasteiger partial charge is 0.494 e. The van der Waals surface area contributed by atoms with Crippen molar-refractivity contribution in [3.8, 4) is 16.3 Å². The van der Waals surface area contributed by atoms with Crippen LogP contribution in [-0.2, 0) is 0 Å². The van der Waals surface area contributed by atoms with Crippen LogP contribution in [0.3, 0.4) is 0 Å². The van der Waals surface area contributed by atoms with E-state index in [4.69, 9.17) is 10.5 Å². The first kappa shape index (κ1) is 18.9. The summed E-state index contributed by atoms with van der Waals surface area (Å²) in [5.74, 6) is 1.47. The zero-order valence-electron chi connectivity index (χ0n) is 15.5. The van der Waals surface area contributed by atoms with Crippen molar-refractivity contribution in [2.24, 2.45) is 11.7 Å². The topological polar surface area (TPSA) is 68.5 Å². The third-order valence-electron chi connectivity index (χ3n) is 4.81. The van der Waals surface area contributed by atoms with Crippen LogP contribution in [0.4, 0.5) is 0 Å². The third kappa shape index (κ3) is 4.24. The second kappa shape index (κ2) is 8.64. The molecular weight excluding hydrogens is 346 g/mol. The molecule has 1 amide bonds. The number of piperidine rings is 1. The quantitative estimate of drug-likeness (QED) is 0.836. The van der Waals surface area contributed by atoms with Crippen molar-refractivity contribution in [2.75, 3.05) is 19.7 Å². The molecule has 5 nitrogen and oxygen atoms in total. The number of ether oxygens (including phenoxy) is 1. The minimum atomic E-state index is -0.00208. The lowest BCUT2D eigenvalue weighted by atomic mass is 9.92. The van der Waals surface area contributed by atoms with Gasteiger partial charge < -0.3 is 15.4 Å². The van der Waals surface area contributed by atoms with E-state index in [1.165, 1.54) is 11.3 Å². The maximum Gasteiger partial charge on any atom is 0.273 e. The molecule has 0 spiro atoms. The Hall–Kier alpha value is -1.92. The first-order valence-corrected chi connectivity index (χ1v) is 10.2.